The molecule has 0 heterocycles. The molecule has 3 rings (SSSR count). The van der Waals surface area contributed by atoms with Crippen molar-refractivity contribution >= 4 is 11.8 Å². The predicted molar refractivity (Wildman–Crippen MR) is 80.4 cm³/mol. The Balaban J connectivity index is 2.15. The lowest BCUT2D eigenvalue weighted by molar-refractivity contribution is -0.159. The Bertz CT molecular complexity index is 545. The Labute approximate surface area is 126 Å². The first-order valence-corrected chi connectivity index (χ1v) is 7.74. The van der Waals surface area contributed by atoms with Crippen molar-refractivity contribution in [3.8, 4) is 0 Å². The van der Waals surface area contributed by atoms with Crippen LogP contribution in [0.3, 0.4) is 0 Å². The molecule has 0 aromatic rings. The normalized spacial score (nSPS) is 43.6. The van der Waals surface area contributed by atoms with Crippen LogP contribution < -0.4 is 0 Å². The summed E-state index contributed by atoms with van der Waals surface area (Å²) in [4.78, 5) is 24.2. The molecule has 114 valence electrons. The zero-order valence-electron chi connectivity index (χ0n) is 13.1. The molecule has 3 saturated carbocycles. The van der Waals surface area contributed by atoms with E-state index in [9.17, 15) is 9.59 Å². The van der Waals surface area contributed by atoms with E-state index in [2.05, 4.69) is 27.0 Å². The summed E-state index contributed by atoms with van der Waals surface area (Å²) in [5.74, 6) is 0.291. The molecule has 0 saturated heterocycles. The number of esters is 1. The number of rotatable bonds is 2. The van der Waals surface area contributed by atoms with Gasteiger partial charge in [-0.3, -0.25) is 9.59 Å². The van der Waals surface area contributed by atoms with Crippen LogP contribution in [0.5, 0.6) is 0 Å². The quantitative estimate of drug-likeness (QED) is 0.578. The Kier molecular flexibility index (Phi) is 2.99. The Hall–Kier alpha value is -1.38. The van der Waals surface area contributed by atoms with Crippen LogP contribution in [0.15, 0.2) is 24.8 Å². The van der Waals surface area contributed by atoms with Crippen LogP contribution in [0.4, 0.5) is 0 Å². The van der Waals surface area contributed by atoms with Gasteiger partial charge in [0.25, 0.3) is 0 Å². The van der Waals surface area contributed by atoms with Crippen LogP contribution in [-0.4, -0.2) is 17.9 Å². The van der Waals surface area contributed by atoms with Crippen molar-refractivity contribution in [2.24, 2.45) is 28.6 Å². The van der Waals surface area contributed by atoms with Gasteiger partial charge in [-0.2, -0.15) is 0 Å². The second-order valence-corrected chi connectivity index (χ2v) is 7.71. The molecule has 0 aromatic heterocycles. The molecule has 3 fully saturated rings. The minimum absolute atomic E-state index is 0.0218. The van der Waals surface area contributed by atoms with Crippen molar-refractivity contribution in [1.29, 1.82) is 0 Å². The van der Waals surface area contributed by atoms with Crippen LogP contribution in [0.25, 0.3) is 0 Å². The average molecular weight is 288 g/mol. The molecule has 3 aliphatic rings. The highest BCUT2D eigenvalue weighted by Gasteiger charge is 2.71. The van der Waals surface area contributed by atoms with Gasteiger partial charge >= 0.3 is 5.97 Å². The molecule has 3 aliphatic carbocycles. The molecular formula is C18H24O3. The Morgan fingerprint density at radius 2 is 2.00 bits per heavy atom. The van der Waals surface area contributed by atoms with Crippen LogP contribution in [-0.2, 0) is 14.3 Å². The van der Waals surface area contributed by atoms with E-state index in [1.807, 2.05) is 6.08 Å². The Morgan fingerprint density at radius 1 is 1.33 bits per heavy atom. The number of carbonyl (C=O) groups is 2. The summed E-state index contributed by atoms with van der Waals surface area (Å²) in [5, 5.41) is 0. The molecule has 0 radical (unpaired) electrons. The second kappa shape index (κ2) is 4.31. The smallest absolute Gasteiger partial charge is 0.302 e. The molecule has 0 spiro atoms. The van der Waals surface area contributed by atoms with E-state index in [1.54, 1.807) is 0 Å². The molecular weight excluding hydrogens is 264 g/mol. The lowest BCUT2D eigenvalue weighted by atomic mass is 9.62. The highest BCUT2D eigenvalue weighted by molar-refractivity contribution is 5.87. The number of hydrogen-bond acceptors (Lipinski definition) is 3. The number of ether oxygens (including phenoxy) is 1. The van der Waals surface area contributed by atoms with E-state index in [0.717, 1.165) is 12.0 Å². The van der Waals surface area contributed by atoms with E-state index < -0.39 is 0 Å². The van der Waals surface area contributed by atoms with Gasteiger partial charge in [0.15, 0.2) is 0 Å². The molecule has 0 N–H and O–H groups in total. The maximum atomic E-state index is 12.7. The van der Waals surface area contributed by atoms with Gasteiger partial charge in [-0.25, -0.2) is 0 Å². The highest BCUT2D eigenvalue weighted by Crippen LogP contribution is 2.71. The van der Waals surface area contributed by atoms with Crippen LogP contribution >= 0.6 is 0 Å². The van der Waals surface area contributed by atoms with Gasteiger partial charge < -0.3 is 4.74 Å². The van der Waals surface area contributed by atoms with Gasteiger partial charge in [-0.15, -0.1) is 6.58 Å². The van der Waals surface area contributed by atoms with Crippen molar-refractivity contribution in [2.75, 3.05) is 0 Å². The number of allylic oxidation sites excluding steroid dienone is 1. The summed E-state index contributed by atoms with van der Waals surface area (Å²) in [6, 6.07) is 0. The molecule has 0 aromatic carbocycles. The maximum absolute atomic E-state index is 12.7. The van der Waals surface area contributed by atoms with E-state index in [4.69, 9.17) is 4.74 Å². The third kappa shape index (κ3) is 1.72. The lowest BCUT2D eigenvalue weighted by Gasteiger charge is -2.45. The maximum Gasteiger partial charge on any atom is 0.302 e. The zero-order chi connectivity index (χ0) is 15.6. The topological polar surface area (TPSA) is 43.4 Å². The summed E-state index contributed by atoms with van der Waals surface area (Å²) in [7, 11) is 0. The van der Waals surface area contributed by atoms with Gasteiger partial charge in [0.05, 0.1) is 0 Å². The highest BCUT2D eigenvalue weighted by atomic mass is 16.5. The van der Waals surface area contributed by atoms with Gasteiger partial charge in [-0.05, 0) is 23.7 Å². The zero-order valence-corrected chi connectivity index (χ0v) is 13.1. The number of hydrogen-bond donors (Lipinski definition) is 0. The predicted octanol–water partition coefficient (Wildman–Crippen LogP) is 3.30. The fourth-order valence-electron chi connectivity index (χ4n) is 5.70. The van der Waals surface area contributed by atoms with Crippen molar-refractivity contribution in [2.45, 2.75) is 46.1 Å². The van der Waals surface area contributed by atoms with E-state index in [1.165, 1.54) is 6.92 Å². The second-order valence-electron chi connectivity index (χ2n) is 7.71. The van der Waals surface area contributed by atoms with Crippen LogP contribution in [0.1, 0.15) is 40.0 Å². The van der Waals surface area contributed by atoms with Crippen molar-refractivity contribution < 1.29 is 14.3 Å². The summed E-state index contributed by atoms with van der Waals surface area (Å²) in [5.41, 5.74) is 0.829. The minimum atomic E-state index is -0.272. The molecule has 21 heavy (non-hydrogen) atoms. The molecule has 1 unspecified atom stereocenters. The fourth-order valence-corrected chi connectivity index (χ4v) is 5.70. The van der Waals surface area contributed by atoms with Gasteiger partial charge in [0, 0.05) is 31.1 Å². The molecule has 0 amide bonds. The van der Waals surface area contributed by atoms with Crippen LogP contribution in [0, 0.1) is 28.6 Å². The SMILES string of the molecule is C=CC1CC(=O)[C@@H]2[C@@H]3C(=C)C[C@@H](OC(C)=O)[C@]12CC3(C)C. The number of carbonyl (C=O) groups excluding carboxylic acids is 2. The molecule has 0 aliphatic heterocycles. The largest absolute Gasteiger partial charge is 0.462 e. The first kappa shape index (κ1) is 14.6. The van der Waals surface area contributed by atoms with Gasteiger partial charge in [0.1, 0.15) is 11.9 Å². The molecule has 2 bridgehead atoms. The summed E-state index contributed by atoms with van der Waals surface area (Å²) in [6.07, 6.45) is 3.78. The lowest BCUT2D eigenvalue weighted by Crippen LogP contribution is -2.47. The Morgan fingerprint density at radius 3 is 2.57 bits per heavy atom. The minimum Gasteiger partial charge on any atom is -0.462 e. The van der Waals surface area contributed by atoms with E-state index in [0.29, 0.717) is 18.6 Å². The number of Topliss-reactive ketones (excluding diaryl/α,β-unsaturated/α-hetero) is 1. The van der Waals surface area contributed by atoms with Crippen molar-refractivity contribution in [1.82, 2.24) is 0 Å². The van der Waals surface area contributed by atoms with E-state index in [-0.39, 0.29) is 40.7 Å². The summed E-state index contributed by atoms with van der Waals surface area (Å²) in [6.45, 7) is 14.0. The monoisotopic (exact) mass is 288 g/mol. The van der Waals surface area contributed by atoms with E-state index >= 15 is 0 Å². The first-order valence-electron chi connectivity index (χ1n) is 7.74. The third-order valence-corrected chi connectivity index (χ3v) is 6.05. The summed E-state index contributed by atoms with van der Waals surface area (Å²) < 4.78 is 5.67. The van der Waals surface area contributed by atoms with Gasteiger partial charge in [0.2, 0.25) is 0 Å². The third-order valence-electron chi connectivity index (χ3n) is 6.05. The van der Waals surface area contributed by atoms with Crippen molar-refractivity contribution in [3.63, 3.8) is 0 Å². The van der Waals surface area contributed by atoms with Gasteiger partial charge in [-0.1, -0.05) is 32.1 Å². The standard InChI is InChI=1S/C18H24O3/c1-6-12-8-13(20)16-15-10(2)7-14(21-11(3)19)18(12,16)9-17(15,4)5/h6,12,14-16H,1-2,7-9H2,3-5H3/t12?,14-,15+,16-,18+/m1/s1. The molecule has 5 atom stereocenters. The first-order chi connectivity index (χ1) is 9.74. The van der Waals surface area contributed by atoms with Crippen LogP contribution in [0.2, 0.25) is 0 Å². The molecule has 3 nitrogen and oxygen atoms in total. The van der Waals surface area contributed by atoms with Crippen molar-refractivity contribution in [3.05, 3.63) is 24.8 Å². The summed E-state index contributed by atoms with van der Waals surface area (Å²) >= 11 is 0. The molecule has 3 heteroatoms. The average Bonchev–Trinajstić information content (AvgIpc) is 2.74. The fraction of sp³-hybridized carbons (Fsp3) is 0.667. The number of ketones is 1.